The first-order valence-electron chi connectivity index (χ1n) is 4.06. The fourth-order valence-electron chi connectivity index (χ4n) is 1.19. The molecule has 70 valence electrons. The molecule has 0 radical (unpaired) electrons. The number of hydrogen-bond acceptors (Lipinski definition) is 2. The van der Waals surface area contributed by atoms with Gasteiger partial charge in [-0.2, -0.15) is 0 Å². The van der Waals surface area contributed by atoms with Gasteiger partial charge in [0.2, 0.25) is 0 Å². The minimum Gasteiger partial charge on any atom is -0.487 e. The van der Waals surface area contributed by atoms with Crippen molar-refractivity contribution in [2.24, 2.45) is 7.05 Å². The van der Waals surface area contributed by atoms with Crippen molar-refractivity contribution in [2.75, 3.05) is 6.61 Å². The van der Waals surface area contributed by atoms with Gasteiger partial charge in [0.1, 0.15) is 18.1 Å². The minimum atomic E-state index is 0.00608. The third-order valence-electron chi connectivity index (χ3n) is 1.73. The molecule has 0 aliphatic heterocycles. The number of ether oxygens (including phenoxy) is 1. The first-order chi connectivity index (χ1) is 6.16. The fraction of sp³-hybridized carbons (Fsp3) is 0.300. The maximum absolute atomic E-state index is 11.2. The van der Waals surface area contributed by atoms with E-state index in [1.165, 1.54) is 6.92 Å². The van der Waals surface area contributed by atoms with E-state index >= 15 is 0 Å². The Morgan fingerprint density at radius 1 is 1.77 bits per heavy atom. The summed E-state index contributed by atoms with van der Waals surface area (Å²) >= 11 is 0. The number of carbonyl (C=O) groups excluding carboxylic acids is 1. The molecule has 0 bridgehead atoms. The predicted molar refractivity (Wildman–Crippen MR) is 51.1 cm³/mol. The maximum atomic E-state index is 11.2. The molecule has 0 aliphatic rings. The van der Waals surface area contributed by atoms with Gasteiger partial charge in [0.05, 0.1) is 0 Å². The van der Waals surface area contributed by atoms with Crippen molar-refractivity contribution in [3.63, 3.8) is 0 Å². The SMILES string of the molecule is C=CCOc1ccn(C)c1C(C)=O. The Hall–Kier alpha value is -1.51. The summed E-state index contributed by atoms with van der Waals surface area (Å²) in [5.41, 5.74) is 0.599. The van der Waals surface area contributed by atoms with Gasteiger partial charge >= 0.3 is 0 Å². The van der Waals surface area contributed by atoms with Gasteiger partial charge in [-0.3, -0.25) is 4.79 Å². The molecule has 0 aromatic carbocycles. The Balaban J connectivity index is 2.93. The van der Waals surface area contributed by atoms with Crippen LogP contribution in [0.3, 0.4) is 0 Å². The summed E-state index contributed by atoms with van der Waals surface area (Å²) in [6, 6.07) is 1.78. The lowest BCUT2D eigenvalue weighted by Gasteiger charge is -2.04. The standard InChI is InChI=1S/C10H13NO2/c1-4-7-13-9-5-6-11(3)10(9)8(2)12/h4-6H,1,7H2,2-3H3. The summed E-state index contributed by atoms with van der Waals surface area (Å²) in [4.78, 5) is 11.2. The van der Waals surface area contributed by atoms with Crippen LogP contribution in [0.1, 0.15) is 17.4 Å². The summed E-state index contributed by atoms with van der Waals surface area (Å²) < 4.78 is 7.06. The Labute approximate surface area is 77.6 Å². The lowest BCUT2D eigenvalue weighted by Crippen LogP contribution is -2.04. The molecule has 1 aromatic rings. The molecular weight excluding hydrogens is 166 g/mol. The summed E-state index contributed by atoms with van der Waals surface area (Å²) in [6.07, 6.45) is 3.45. The van der Waals surface area contributed by atoms with E-state index in [1.54, 1.807) is 22.9 Å². The molecule has 1 heterocycles. The summed E-state index contributed by atoms with van der Waals surface area (Å²) in [6.45, 7) is 5.49. The molecule has 0 aliphatic carbocycles. The van der Waals surface area contributed by atoms with Gasteiger partial charge in [-0.05, 0) is 6.07 Å². The number of nitrogens with zero attached hydrogens (tertiary/aromatic N) is 1. The second-order valence-electron chi connectivity index (χ2n) is 2.80. The highest BCUT2D eigenvalue weighted by molar-refractivity contribution is 5.95. The molecule has 1 rings (SSSR count). The van der Waals surface area contributed by atoms with E-state index in [0.29, 0.717) is 18.1 Å². The topological polar surface area (TPSA) is 31.2 Å². The van der Waals surface area contributed by atoms with E-state index in [9.17, 15) is 4.79 Å². The number of carbonyl (C=O) groups is 1. The number of aryl methyl sites for hydroxylation is 1. The van der Waals surface area contributed by atoms with Crippen molar-refractivity contribution in [3.8, 4) is 5.75 Å². The van der Waals surface area contributed by atoms with Gasteiger partial charge < -0.3 is 9.30 Å². The van der Waals surface area contributed by atoms with E-state index in [-0.39, 0.29) is 5.78 Å². The highest BCUT2D eigenvalue weighted by atomic mass is 16.5. The number of aromatic nitrogens is 1. The maximum Gasteiger partial charge on any atom is 0.179 e. The van der Waals surface area contributed by atoms with Gasteiger partial charge in [0.25, 0.3) is 0 Å². The predicted octanol–water partition coefficient (Wildman–Crippen LogP) is 1.79. The summed E-state index contributed by atoms with van der Waals surface area (Å²) in [7, 11) is 1.82. The molecule has 0 N–H and O–H groups in total. The Morgan fingerprint density at radius 3 is 3.00 bits per heavy atom. The summed E-state index contributed by atoms with van der Waals surface area (Å²) in [5, 5.41) is 0. The van der Waals surface area contributed by atoms with Crippen molar-refractivity contribution in [1.82, 2.24) is 4.57 Å². The molecule has 0 spiro atoms. The van der Waals surface area contributed by atoms with Crippen LogP contribution in [0.15, 0.2) is 24.9 Å². The molecule has 0 amide bonds. The number of rotatable bonds is 4. The average molecular weight is 179 g/mol. The van der Waals surface area contributed by atoms with Crippen LogP contribution in [0.2, 0.25) is 0 Å². The smallest absolute Gasteiger partial charge is 0.179 e. The molecule has 3 heteroatoms. The van der Waals surface area contributed by atoms with Crippen LogP contribution >= 0.6 is 0 Å². The molecule has 3 nitrogen and oxygen atoms in total. The summed E-state index contributed by atoms with van der Waals surface area (Å²) in [5.74, 6) is 0.626. The van der Waals surface area contributed by atoms with Gasteiger partial charge in [-0.1, -0.05) is 12.7 Å². The third kappa shape index (κ3) is 1.99. The van der Waals surface area contributed by atoms with Crippen molar-refractivity contribution in [1.29, 1.82) is 0 Å². The van der Waals surface area contributed by atoms with Crippen LogP contribution < -0.4 is 4.74 Å². The minimum absolute atomic E-state index is 0.00608. The van der Waals surface area contributed by atoms with E-state index in [4.69, 9.17) is 4.74 Å². The average Bonchev–Trinajstić information content (AvgIpc) is 2.43. The molecule has 0 saturated carbocycles. The van der Waals surface area contributed by atoms with E-state index < -0.39 is 0 Å². The first kappa shape index (κ1) is 9.58. The number of hydrogen-bond donors (Lipinski definition) is 0. The Morgan fingerprint density at radius 2 is 2.46 bits per heavy atom. The van der Waals surface area contributed by atoms with E-state index in [0.717, 1.165) is 0 Å². The molecular formula is C10H13NO2. The Kier molecular flexibility index (Phi) is 2.90. The van der Waals surface area contributed by atoms with Gasteiger partial charge in [0, 0.05) is 20.2 Å². The first-order valence-corrected chi connectivity index (χ1v) is 4.06. The third-order valence-corrected chi connectivity index (χ3v) is 1.73. The van der Waals surface area contributed by atoms with Crippen LogP contribution in [-0.2, 0) is 7.05 Å². The van der Waals surface area contributed by atoms with Crippen molar-refractivity contribution in [2.45, 2.75) is 6.92 Å². The zero-order valence-corrected chi connectivity index (χ0v) is 7.91. The molecule has 13 heavy (non-hydrogen) atoms. The largest absolute Gasteiger partial charge is 0.487 e. The molecule has 0 unspecified atom stereocenters. The van der Waals surface area contributed by atoms with E-state index in [2.05, 4.69) is 6.58 Å². The van der Waals surface area contributed by atoms with Crippen molar-refractivity contribution in [3.05, 3.63) is 30.6 Å². The van der Waals surface area contributed by atoms with Crippen LogP contribution in [0.5, 0.6) is 5.75 Å². The van der Waals surface area contributed by atoms with Crippen molar-refractivity contribution >= 4 is 5.78 Å². The van der Waals surface area contributed by atoms with Crippen LogP contribution in [0.25, 0.3) is 0 Å². The van der Waals surface area contributed by atoms with Crippen LogP contribution in [0, 0.1) is 0 Å². The second-order valence-corrected chi connectivity index (χ2v) is 2.80. The van der Waals surface area contributed by atoms with Crippen LogP contribution in [0.4, 0.5) is 0 Å². The number of Topliss-reactive ketones (excluding diaryl/α,β-unsaturated/α-hetero) is 1. The molecule has 0 fully saturated rings. The molecule has 0 atom stereocenters. The Bertz CT molecular complexity index is 326. The second kappa shape index (κ2) is 3.94. The highest BCUT2D eigenvalue weighted by Crippen LogP contribution is 2.19. The lowest BCUT2D eigenvalue weighted by molar-refractivity contribution is 0.100. The van der Waals surface area contributed by atoms with Gasteiger partial charge in [-0.15, -0.1) is 0 Å². The zero-order valence-electron chi connectivity index (χ0n) is 7.91. The quantitative estimate of drug-likeness (QED) is 0.521. The normalized spacial score (nSPS) is 9.69. The monoisotopic (exact) mass is 179 g/mol. The van der Waals surface area contributed by atoms with Crippen LogP contribution in [-0.4, -0.2) is 17.0 Å². The highest BCUT2D eigenvalue weighted by Gasteiger charge is 2.11. The van der Waals surface area contributed by atoms with Gasteiger partial charge in [0.15, 0.2) is 5.78 Å². The number of ketones is 1. The molecule has 1 aromatic heterocycles. The zero-order chi connectivity index (χ0) is 9.84. The molecule has 0 saturated heterocycles. The van der Waals surface area contributed by atoms with Crippen molar-refractivity contribution < 1.29 is 9.53 Å². The van der Waals surface area contributed by atoms with Gasteiger partial charge in [-0.25, -0.2) is 0 Å². The van der Waals surface area contributed by atoms with E-state index in [1.807, 2.05) is 7.05 Å². The lowest BCUT2D eigenvalue weighted by atomic mass is 10.3. The fourth-order valence-corrected chi connectivity index (χ4v) is 1.19.